The van der Waals surface area contributed by atoms with Crippen molar-refractivity contribution in [3.63, 3.8) is 0 Å². The molecule has 1 fully saturated rings. The van der Waals surface area contributed by atoms with E-state index in [9.17, 15) is 32.3 Å². The molecule has 2 aliphatic heterocycles. The molecule has 1 saturated heterocycles. The monoisotopic (exact) mass is 606 g/mol. The fraction of sp³-hybridized carbons (Fsp3) is 0.370. The Labute approximate surface area is 239 Å². The Morgan fingerprint density at radius 2 is 1.81 bits per heavy atom. The maximum Gasteiger partial charge on any atom is 0.421 e. The van der Waals surface area contributed by atoms with Crippen LogP contribution in [0.4, 0.5) is 36.3 Å². The normalized spacial score (nSPS) is 15.7. The average Bonchev–Trinajstić information content (AvgIpc) is 3.53. The molecule has 2 aliphatic rings. The predicted molar refractivity (Wildman–Crippen MR) is 149 cm³/mol. The molecule has 0 spiro atoms. The molecule has 0 saturated carbocycles. The van der Waals surface area contributed by atoms with Gasteiger partial charge in [0.05, 0.1) is 30.2 Å². The van der Waals surface area contributed by atoms with Gasteiger partial charge in [-0.25, -0.2) is 4.98 Å². The summed E-state index contributed by atoms with van der Waals surface area (Å²) in [6, 6.07) is 7.75. The summed E-state index contributed by atoms with van der Waals surface area (Å²) in [6.45, 7) is 2.93. The van der Waals surface area contributed by atoms with E-state index in [1.54, 1.807) is 13.1 Å². The van der Waals surface area contributed by atoms with Gasteiger partial charge in [-0.3, -0.25) is 14.3 Å². The first kappa shape index (κ1) is 29.8. The highest BCUT2D eigenvalue weighted by Gasteiger charge is 2.37. The summed E-state index contributed by atoms with van der Waals surface area (Å²) in [5.74, 6) is -0.859. The number of aromatic nitrogens is 2. The van der Waals surface area contributed by atoms with Crippen LogP contribution in [0.2, 0.25) is 0 Å². The lowest BCUT2D eigenvalue weighted by Gasteiger charge is -2.19. The molecule has 42 heavy (non-hydrogen) atoms. The van der Waals surface area contributed by atoms with E-state index < -0.39 is 31.3 Å². The van der Waals surface area contributed by atoms with E-state index in [4.69, 9.17) is 4.74 Å². The summed E-state index contributed by atoms with van der Waals surface area (Å²) in [5.41, 5.74) is 1.72. The zero-order valence-electron chi connectivity index (χ0n) is 22.9. The Hall–Kier alpha value is -3.71. The highest BCUT2D eigenvalue weighted by atomic mass is 31.2. The molecule has 0 radical (unpaired) electrons. The molecule has 0 bridgehead atoms. The summed E-state index contributed by atoms with van der Waals surface area (Å²) in [6.07, 6.45) is -2.45. The molecule has 4 N–H and O–H groups in total. The Bertz CT molecular complexity index is 1560. The second kappa shape index (κ2) is 11.5. The van der Waals surface area contributed by atoms with E-state index in [1.165, 1.54) is 30.2 Å². The number of methoxy groups -OCH3 is 1. The third-order valence-corrected chi connectivity index (χ3v) is 7.98. The Kier molecular flexibility index (Phi) is 8.17. The number of fused-ring (bicyclic) bond motifs is 1. The van der Waals surface area contributed by atoms with Gasteiger partial charge in [0.1, 0.15) is 17.1 Å². The van der Waals surface area contributed by atoms with Crippen LogP contribution in [-0.2, 0) is 30.0 Å². The van der Waals surface area contributed by atoms with Crippen LogP contribution in [0, 0.1) is 0 Å². The molecule has 0 aliphatic carbocycles. The van der Waals surface area contributed by atoms with E-state index in [1.807, 2.05) is 6.07 Å². The molecule has 224 valence electrons. The number of hydrogen-bond donors (Lipinski definition) is 4. The summed E-state index contributed by atoms with van der Waals surface area (Å²) in [4.78, 5) is 43.4. The molecule has 5 rings (SSSR count). The van der Waals surface area contributed by atoms with E-state index in [0.717, 1.165) is 37.1 Å². The minimum Gasteiger partial charge on any atom is -0.495 e. The van der Waals surface area contributed by atoms with Crippen molar-refractivity contribution in [2.24, 2.45) is 0 Å². The van der Waals surface area contributed by atoms with Gasteiger partial charge >= 0.3 is 13.8 Å². The van der Waals surface area contributed by atoms with Crippen LogP contribution in [0.5, 0.6) is 5.75 Å². The average molecular weight is 607 g/mol. The Morgan fingerprint density at radius 3 is 2.48 bits per heavy atom. The van der Waals surface area contributed by atoms with Crippen LogP contribution < -0.4 is 15.4 Å². The van der Waals surface area contributed by atoms with Crippen molar-refractivity contribution in [3.8, 4) is 5.75 Å². The number of nitrogens with zero attached hydrogens (tertiary/aromatic N) is 4. The van der Waals surface area contributed by atoms with E-state index >= 15 is 0 Å². The summed E-state index contributed by atoms with van der Waals surface area (Å²) < 4.78 is 58.7. The van der Waals surface area contributed by atoms with E-state index in [-0.39, 0.29) is 29.0 Å². The van der Waals surface area contributed by atoms with Gasteiger partial charge in [-0.05, 0) is 60.8 Å². The Balaban J connectivity index is 1.48. The largest absolute Gasteiger partial charge is 0.495 e. The number of ether oxygens (including phenoxy) is 1. The van der Waals surface area contributed by atoms with Gasteiger partial charge in [-0.15, -0.1) is 0 Å². The van der Waals surface area contributed by atoms with Crippen molar-refractivity contribution in [2.75, 3.05) is 37.9 Å². The number of hydrogen-bond acceptors (Lipinski definition) is 8. The summed E-state index contributed by atoms with van der Waals surface area (Å²) in [5, 5.41) is 5.56. The van der Waals surface area contributed by atoms with Gasteiger partial charge < -0.3 is 30.1 Å². The lowest BCUT2D eigenvalue weighted by Crippen LogP contribution is -2.19. The van der Waals surface area contributed by atoms with Crippen molar-refractivity contribution < 1.29 is 37.1 Å². The minimum atomic E-state index is -4.79. The van der Waals surface area contributed by atoms with Crippen LogP contribution in [0.1, 0.15) is 45.5 Å². The van der Waals surface area contributed by atoms with E-state index in [0.29, 0.717) is 30.4 Å². The zero-order chi connectivity index (χ0) is 30.2. The van der Waals surface area contributed by atoms with Crippen LogP contribution in [0.3, 0.4) is 0 Å². The lowest BCUT2D eigenvalue weighted by molar-refractivity contribution is -0.137. The molecule has 2 aromatic carbocycles. The molecule has 11 nitrogen and oxygen atoms in total. The van der Waals surface area contributed by atoms with Crippen LogP contribution in [-0.4, -0.2) is 62.7 Å². The minimum absolute atomic E-state index is 0.180. The second-order valence-electron chi connectivity index (χ2n) is 10.3. The quantitative estimate of drug-likeness (QED) is 0.250. The number of carbonyl (C=O) groups is 1. The van der Waals surface area contributed by atoms with Gasteiger partial charge in [0.25, 0.3) is 5.91 Å². The first-order chi connectivity index (χ1) is 19.8. The molecular formula is C27H30F3N6O5P. The van der Waals surface area contributed by atoms with Gasteiger partial charge in [0.15, 0.2) is 0 Å². The van der Waals surface area contributed by atoms with E-state index in [2.05, 4.69) is 25.5 Å². The highest BCUT2D eigenvalue weighted by Crippen LogP contribution is 2.42. The molecular weight excluding hydrogens is 576 g/mol. The number of benzene rings is 2. The second-order valence-corrected chi connectivity index (χ2v) is 12.0. The highest BCUT2D eigenvalue weighted by molar-refractivity contribution is 7.50. The molecule has 1 amide bonds. The Morgan fingerprint density at radius 1 is 1.10 bits per heavy atom. The van der Waals surface area contributed by atoms with Gasteiger partial charge in [-0.1, -0.05) is 12.1 Å². The predicted octanol–water partition coefficient (Wildman–Crippen LogP) is 4.85. The number of amides is 1. The molecule has 0 unspecified atom stereocenters. The van der Waals surface area contributed by atoms with Crippen LogP contribution in [0.25, 0.3) is 0 Å². The topological polar surface area (TPSA) is 140 Å². The van der Waals surface area contributed by atoms with Crippen LogP contribution >= 0.6 is 7.60 Å². The number of nitrogens with one attached hydrogen (secondary N) is 2. The number of carbonyl (C=O) groups excluding carboxylic acids is 1. The van der Waals surface area contributed by atoms with Gasteiger partial charge in [0.2, 0.25) is 5.95 Å². The van der Waals surface area contributed by atoms with Crippen molar-refractivity contribution in [1.29, 1.82) is 0 Å². The molecule has 0 atom stereocenters. The maximum atomic E-state index is 14.0. The number of alkyl halides is 3. The first-order valence-electron chi connectivity index (χ1n) is 13.1. The molecule has 15 heteroatoms. The number of likely N-dealkylation sites (tertiary alicyclic amines) is 1. The van der Waals surface area contributed by atoms with Crippen molar-refractivity contribution in [2.45, 2.75) is 38.3 Å². The van der Waals surface area contributed by atoms with Gasteiger partial charge in [-0.2, -0.15) is 18.2 Å². The molecule has 3 heterocycles. The fourth-order valence-corrected chi connectivity index (χ4v) is 5.89. The SMILES string of the molecule is COc1cc(CP(=O)(O)O)ccc1Nc1ncc(C(F)(F)F)c(Nc2ccc(CN3CCCC3)c3c2C(=O)N(C)C3)n1. The maximum absolute atomic E-state index is 14.0. The zero-order valence-corrected chi connectivity index (χ0v) is 23.8. The van der Waals surface area contributed by atoms with Crippen molar-refractivity contribution in [1.82, 2.24) is 19.8 Å². The summed E-state index contributed by atoms with van der Waals surface area (Å²) in [7, 11) is -1.34. The molecule has 1 aromatic heterocycles. The van der Waals surface area contributed by atoms with Crippen LogP contribution in [0.15, 0.2) is 36.5 Å². The molecule has 3 aromatic rings. The third-order valence-electron chi connectivity index (χ3n) is 7.21. The fourth-order valence-electron chi connectivity index (χ4n) is 5.22. The standard InChI is InChI=1S/C27H30F3N6O5P/c1-35-14-18-17(13-36-9-3-4-10-36)6-8-21(23(18)25(35)37)32-24-19(27(28,29)30)12-31-26(34-24)33-20-7-5-16(11-22(20)41-2)15-42(38,39)40/h5-8,11-12H,3-4,9-10,13-15H2,1-2H3,(H2,38,39,40)(H2,31,32,33,34). The summed E-state index contributed by atoms with van der Waals surface area (Å²) >= 11 is 0. The first-order valence-corrected chi connectivity index (χ1v) is 14.9. The number of anilines is 4. The number of rotatable bonds is 9. The lowest BCUT2D eigenvalue weighted by atomic mass is 10.0. The number of halogens is 3. The smallest absolute Gasteiger partial charge is 0.421 e. The van der Waals surface area contributed by atoms with Gasteiger partial charge in [0, 0.05) is 26.3 Å². The van der Waals surface area contributed by atoms with Crippen molar-refractivity contribution >= 4 is 36.6 Å². The van der Waals surface area contributed by atoms with Crippen molar-refractivity contribution in [3.05, 3.63) is 64.3 Å². The third kappa shape index (κ3) is 6.51.